The van der Waals surface area contributed by atoms with Crippen LogP contribution in [0.25, 0.3) is 0 Å². The first-order valence-electron chi connectivity index (χ1n) is 11.1. The average molecular weight is 444 g/mol. The van der Waals surface area contributed by atoms with Gasteiger partial charge in [0.15, 0.2) is 5.69 Å². The van der Waals surface area contributed by atoms with Crippen molar-refractivity contribution >= 4 is 23.5 Å². The number of carbonyl (C=O) groups excluding carboxylic acids is 1. The predicted octanol–water partition coefficient (Wildman–Crippen LogP) is 3.70. The van der Waals surface area contributed by atoms with Crippen molar-refractivity contribution in [1.82, 2.24) is 20.2 Å². The van der Waals surface area contributed by atoms with Crippen molar-refractivity contribution < 1.29 is 9.53 Å². The third-order valence-corrected chi connectivity index (χ3v) is 6.40. The molecule has 3 heterocycles. The Morgan fingerprint density at radius 1 is 1.10 bits per heavy atom. The van der Waals surface area contributed by atoms with Crippen LogP contribution in [-0.4, -0.2) is 60.6 Å². The minimum Gasteiger partial charge on any atom is -0.497 e. The molecule has 8 heteroatoms. The van der Waals surface area contributed by atoms with Gasteiger partial charge in [-0.1, -0.05) is 30.2 Å². The highest BCUT2D eigenvalue weighted by atomic mass is 35.5. The highest BCUT2D eigenvalue weighted by Gasteiger charge is 2.25. The Kier molecular flexibility index (Phi) is 7.25. The largest absolute Gasteiger partial charge is 0.497 e. The Bertz CT molecular complexity index is 880. The van der Waals surface area contributed by atoms with Gasteiger partial charge in [0.25, 0.3) is 5.91 Å². The Morgan fingerprint density at radius 2 is 1.77 bits per heavy atom. The second kappa shape index (κ2) is 10.3. The standard InChI is InChI=1S/C23H30ClN5O2/c1-31-18-9-7-17(8-10-18)20(28-11-3-2-4-12-28)16-25-22(30)21-19(24)15-26-23(27-21)29-13-5-6-14-29/h7-10,15,20H,2-6,11-14,16H2,1H3,(H,25,30)/t20-/m1/s1. The van der Waals surface area contributed by atoms with Crippen LogP contribution in [0.5, 0.6) is 5.75 Å². The highest BCUT2D eigenvalue weighted by molar-refractivity contribution is 6.33. The van der Waals surface area contributed by atoms with Crippen molar-refractivity contribution in [1.29, 1.82) is 0 Å². The number of piperidine rings is 1. The Morgan fingerprint density at radius 3 is 2.45 bits per heavy atom. The van der Waals surface area contributed by atoms with E-state index in [1.54, 1.807) is 7.11 Å². The molecule has 2 saturated heterocycles. The molecular weight excluding hydrogens is 414 g/mol. The van der Waals surface area contributed by atoms with E-state index < -0.39 is 0 Å². The molecule has 2 aliphatic rings. The summed E-state index contributed by atoms with van der Waals surface area (Å²) in [5.74, 6) is 1.14. The summed E-state index contributed by atoms with van der Waals surface area (Å²) in [5.41, 5.74) is 1.40. The first-order chi connectivity index (χ1) is 15.2. The fraction of sp³-hybridized carbons (Fsp3) is 0.522. The number of hydrogen-bond acceptors (Lipinski definition) is 6. The fourth-order valence-electron chi connectivity index (χ4n) is 4.37. The van der Waals surface area contributed by atoms with Gasteiger partial charge in [-0.2, -0.15) is 0 Å². The lowest BCUT2D eigenvalue weighted by atomic mass is 10.0. The van der Waals surface area contributed by atoms with Crippen LogP contribution >= 0.6 is 11.6 Å². The molecule has 1 aromatic carbocycles. The number of anilines is 1. The monoisotopic (exact) mass is 443 g/mol. The van der Waals surface area contributed by atoms with E-state index in [1.807, 2.05) is 12.1 Å². The van der Waals surface area contributed by atoms with Crippen LogP contribution in [0.15, 0.2) is 30.5 Å². The van der Waals surface area contributed by atoms with Crippen LogP contribution in [0.4, 0.5) is 5.95 Å². The second-order valence-corrected chi connectivity index (χ2v) is 8.56. The SMILES string of the molecule is COc1ccc([C@@H](CNC(=O)c2nc(N3CCCC3)ncc2Cl)N2CCCCC2)cc1. The molecule has 2 aromatic rings. The van der Waals surface area contributed by atoms with E-state index >= 15 is 0 Å². The number of hydrogen-bond donors (Lipinski definition) is 1. The van der Waals surface area contributed by atoms with Gasteiger partial charge in [-0.05, 0) is 56.5 Å². The third-order valence-electron chi connectivity index (χ3n) is 6.12. The van der Waals surface area contributed by atoms with E-state index in [9.17, 15) is 4.79 Å². The van der Waals surface area contributed by atoms with Gasteiger partial charge in [0, 0.05) is 19.6 Å². The van der Waals surface area contributed by atoms with Crippen LogP contribution < -0.4 is 15.0 Å². The van der Waals surface area contributed by atoms with E-state index in [2.05, 4.69) is 37.2 Å². The van der Waals surface area contributed by atoms with Crippen LogP contribution in [0.1, 0.15) is 54.2 Å². The van der Waals surface area contributed by atoms with Crippen molar-refractivity contribution in [3.63, 3.8) is 0 Å². The second-order valence-electron chi connectivity index (χ2n) is 8.16. The first kappa shape index (κ1) is 21.8. The topological polar surface area (TPSA) is 70.6 Å². The molecule has 0 spiro atoms. The number of rotatable bonds is 7. The molecule has 0 bridgehead atoms. The highest BCUT2D eigenvalue weighted by Crippen LogP contribution is 2.26. The van der Waals surface area contributed by atoms with Gasteiger partial charge in [-0.25, -0.2) is 9.97 Å². The molecule has 0 radical (unpaired) electrons. The van der Waals surface area contributed by atoms with Crippen molar-refractivity contribution in [2.45, 2.75) is 38.1 Å². The molecule has 7 nitrogen and oxygen atoms in total. The lowest BCUT2D eigenvalue weighted by molar-refractivity contribution is 0.0919. The molecule has 31 heavy (non-hydrogen) atoms. The van der Waals surface area contributed by atoms with E-state index in [0.717, 1.165) is 50.3 Å². The number of likely N-dealkylation sites (tertiary alicyclic amines) is 1. The van der Waals surface area contributed by atoms with E-state index in [-0.39, 0.29) is 22.7 Å². The maximum atomic E-state index is 13.0. The van der Waals surface area contributed by atoms with Crippen LogP contribution in [0, 0.1) is 0 Å². The molecule has 0 unspecified atom stereocenters. The normalized spacial score (nSPS) is 18.1. The number of halogens is 1. The van der Waals surface area contributed by atoms with Gasteiger partial charge in [-0.15, -0.1) is 0 Å². The first-order valence-corrected chi connectivity index (χ1v) is 11.5. The lowest BCUT2D eigenvalue weighted by Crippen LogP contribution is -2.41. The summed E-state index contributed by atoms with van der Waals surface area (Å²) >= 11 is 6.28. The lowest BCUT2D eigenvalue weighted by Gasteiger charge is -2.35. The van der Waals surface area contributed by atoms with Gasteiger partial charge < -0.3 is 15.0 Å². The Labute approximate surface area is 188 Å². The summed E-state index contributed by atoms with van der Waals surface area (Å²) in [5, 5.41) is 3.35. The molecule has 1 atom stereocenters. The summed E-state index contributed by atoms with van der Waals surface area (Å²) in [6.45, 7) is 4.37. The van der Waals surface area contributed by atoms with Crippen molar-refractivity contribution in [2.24, 2.45) is 0 Å². The van der Waals surface area contributed by atoms with Crippen molar-refractivity contribution in [2.75, 3.05) is 44.7 Å². The zero-order valence-corrected chi connectivity index (χ0v) is 18.8. The van der Waals surface area contributed by atoms with Crippen LogP contribution in [-0.2, 0) is 0 Å². The molecule has 1 N–H and O–H groups in total. The fourth-order valence-corrected chi connectivity index (χ4v) is 4.55. The third kappa shape index (κ3) is 5.28. The maximum absolute atomic E-state index is 13.0. The van der Waals surface area contributed by atoms with E-state index in [1.165, 1.54) is 25.5 Å². The molecule has 4 rings (SSSR count). The summed E-state index contributed by atoms with van der Waals surface area (Å²) in [4.78, 5) is 26.4. The van der Waals surface area contributed by atoms with Gasteiger partial charge in [0.05, 0.1) is 24.4 Å². The van der Waals surface area contributed by atoms with Crippen molar-refractivity contribution in [3.05, 3.63) is 46.7 Å². The number of nitrogens with one attached hydrogen (secondary N) is 1. The van der Waals surface area contributed by atoms with Gasteiger partial charge in [-0.3, -0.25) is 9.69 Å². The summed E-state index contributed by atoms with van der Waals surface area (Å²) in [6.07, 6.45) is 7.38. The summed E-state index contributed by atoms with van der Waals surface area (Å²) in [6, 6.07) is 8.18. The molecule has 166 valence electrons. The average Bonchev–Trinajstić information content (AvgIpc) is 3.35. The van der Waals surface area contributed by atoms with Gasteiger partial charge in [0.2, 0.25) is 5.95 Å². The zero-order valence-electron chi connectivity index (χ0n) is 18.0. The minimum atomic E-state index is -0.261. The van der Waals surface area contributed by atoms with E-state index in [4.69, 9.17) is 16.3 Å². The molecule has 1 aromatic heterocycles. The van der Waals surface area contributed by atoms with Crippen molar-refractivity contribution in [3.8, 4) is 5.75 Å². The smallest absolute Gasteiger partial charge is 0.271 e. The molecule has 2 fully saturated rings. The predicted molar refractivity (Wildman–Crippen MR) is 122 cm³/mol. The van der Waals surface area contributed by atoms with Crippen LogP contribution in [0.2, 0.25) is 5.02 Å². The quantitative estimate of drug-likeness (QED) is 0.703. The number of ether oxygens (including phenoxy) is 1. The summed E-state index contributed by atoms with van der Waals surface area (Å²) in [7, 11) is 1.67. The number of carbonyl (C=O) groups is 1. The number of methoxy groups -OCH3 is 1. The molecule has 0 aliphatic carbocycles. The van der Waals surface area contributed by atoms with Gasteiger partial charge in [0.1, 0.15) is 5.75 Å². The Balaban J connectivity index is 1.49. The molecule has 1 amide bonds. The van der Waals surface area contributed by atoms with Gasteiger partial charge >= 0.3 is 0 Å². The van der Waals surface area contributed by atoms with E-state index in [0.29, 0.717) is 12.5 Å². The molecule has 0 saturated carbocycles. The number of aromatic nitrogens is 2. The number of amides is 1. The van der Waals surface area contributed by atoms with Crippen LogP contribution in [0.3, 0.4) is 0 Å². The number of nitrogens with zero attached hydrogens (tertiary/aromatic N) is 4. The number of benzene rings is 1. The molecule has 2 aliphatic heterocycles. The minimum absolute atomic E-state index is 0.0915. The Hall–Kier alpha value is -2.38. The maximum Gasteiger partial charge on any atom is 0.271 e. The summed E-state index contributed by atoms with van der Waals surface area (Å²) < 4.78 is 5.30. The zero-order chi connectivity index (χ0) is 21.6. The molecular formula is C23H30ClN5O2.